The lowest BCUT2D eigenvalue weighted by Crippen LogP contribution is -2.57. The minimum absolute atomic E-state index is 0.0467. The van der Waals surface area contributed by atoms with Crippen LogP contribution in [-0.2, 0) is 25.8 Å². The van der Waals surface area contributed by atoms with Gasteiger partial charge in [0.15, 0.2) is 0 Å². The highest BCUT2D eigenvalue weighted by Gasteiger charge is 2.80. The molecule has 4 heterocycles. The monoisotopic (exact) mass is 592 g/mol. The van der Waals surface area contributed by atoms with Crippen LogP contribution in [0.25, 0.3) is 11.0 Å². The molecule has 3 aliphatic rings. The molecule has 2 aromatic rings. The maximum absolute atomic E-state index is 14.7. The topological polar surface area (TPSA) is 121 Å². The van der Waals surface area contributed by atoms with Crippen molar-refractivity contribution in [3.8, 4) is 0 Å². The lowest BCUT2D eigenvalue weighted by molar-refractivity contribution is -0.155. The maximum atomic E-state index is 14.7. The summed E-state index contributed by atoms with van der Waals surface area (Å²) in [6, 6.07) is 6.65. The van der Waals surface area contributed by atoms with Crippen LogP contribution in [0, 0.1) is 17.8 Å². The van der Waals surface area contributed by atoms with Crippen LogP contribution in [0.1, 0.15) is 46.0 Å². The number of unbranched alkanes of at least 4 members (excludes halogenated alkanes) is 3. The van der Waals surface area contributed by atoms with Gasteiger partial charge in [0, 0.05) is 33.3 Å². The quantitative estimate of drug-likeness (QED) is 0.264. The number of nitrogens with zero attached hydrogens (tertiary/aromatic N) is 6. The molecule has 2 bridgehead atoms. The summed E-state index contributed by atoms with van der Waals surface area (Å²) in [5, 5.41) is 17.8. The number of rotatable bonds is 14. The van der Waals surface area contributed by atoms with Gasteiger partial charge in [0.2, 0.25) is 17.7 Å². The Kier molecular flexibility index (Phi) is 8.76. The van der Waals surface area contributed by atoms with Crippen LogP contribution >= 0.6 is 0 Å². The summed E-state index contributed by atoms with van der Waals surface area (Å²) in [6.07, 6.45) is 6.82. The van der Waals surface area contributed by atoms with Crippen molar-refractivity contribution >= 4 is 28.8 Å². The molecule has 6 atom stereocenters. The lowest BCUT2D eigenvalue weighted by atomic mass is 9.62. The predicted octanol–water partition coefficient (Wildman–Crippen LogP) is 2.61. The Labute approximate surface area is 253 Å². The molecule has 3 saturated heterocycles. The number of hydrogen-bond acceptors (Lipinski definition) is 7. The number of likely N-dealkylation sites (tertiary alicyclic amines) is 1. The molecule has 5 rings (SSSR count). The summed E-state index contributed by atoms with van der Waals surface area (Å²) >= 11 is 0. The van der Waals surface area contributed by atoms with Crippen molar-refractivity contribution in [1.29, 1.82) is 0 Å². The van der Waals surface area contributed by atoms with Crippen molar-refractivity contribution in [2.75, 3.05) is 33.3 Å². The molecule has 0 radical (unpaired) electrons. The Hall–Kier alpha value is -3.57. The number of likely N-dealkylation sites (N-methyl/N-ethyl adjacent to an activating group) is 1. The van der Waals surface area contributed by atoms with E-state index in [4.69, 9.17) is 4.74 Å². The molecular weight excluding hydrogens is 548 g/mol. The minimum atomic E-state index is -1.13. The van der Waals surface area contributed by atoms with E-state index < -0.39 is 29.1 Å². The van der Waals surface area contributed by atoms with Crippen LogP contribution in [0.2, 0.25) is 0 Å². The molecule has 3 fully saturated rings. The van der Waals surface area contributed by atoms with Crippen LogP contribution in [0.3, 0.4) is 0 Å². The molecule has 3 aliphatic heterocycles. The summed E-state index contributed by atoms with van der Waals surface area (Å²) < 4.78 is 8.56. The highest BCUT2D eigenvalue weighted by atomic mass is 16.5. The fourth-order valence-corrected chi connectivity index (χ4v) is 7.63. The van der Waals surface area contributed by atoms with E-state index in [0.717, 1.165) is 23.9 Å². The number of ether oxygens (including phenoxy) is 1. The second-order valence-corrected chi connectivity index (χ2v) is 12.4. The Morgan fingerprint density at radius 2 is 1.86 bits per heavy atom. The van der Waals surface area contributed by atoms with Crippen molar-refractivity contribution < 1.29 is 24.2 Å². The van der Waals surface area contributed by atoms with Crippen LogP contribution in [0.4, 0.5) is 0 Å². The molecule has 232 valence electrons. The molecule has 11 nitrogen and oxygen atoms in total. The van der Waals surface area contributed by atoms with Gasteiger partial charge in [-0.3, -0.25) is 14.4 Å². The predicted molar refractivity (Wildman–Crippen MR) is 161 cm³/mol. The lowest BCUT2D eigenvalue weighted by Gasteiger charge is -2.38. The molecule has 1 aromatic carbocycles. The summed E-state index contributed by atoms with van der Waals surface area (Å²) in [5.74, 6) is -2.15. The number of carbonyl (C=O) groups excluding carboxylic acids is 3. The summed E-state index contributed by atoms with van der Waals surface area (Å²) in [4.78, 5) is 48.0. The molecule has 1 spiro atoms. The van der Waals surface area contributed by atoms with E-state index >= 15 is 0 Å². The van der Waals surface area contributed by atoms with E-state index in [9.17, 15) is 19.5 Å². The van der Waals surface area contributed by atoms with Gasteiger partial charge < -0.3 is 24.5 Å². The Bertz CT molecular complexity index is 1390. The number of amides is 3. The number of hydrogen-bond donors (Lipinski definition) is 1. The van der Waals surface area contributed by atoms with Crippen LogP contribution in [0.5, 0.6) is 0 Å². The van der Waals surface area contributed by atoms with E-state index in [-0.39, 0.29) is 43.5 Å². The zero-order valence-corrected chi connectivity index (χ0v) is 25.5. The van der Waals surface area contributed by atoms with Gasteiger partial charge in [0.25, 0.3) is 0 Å². The molecule has 1 aromatic heterocycles. The average Bonchev–Trinajstić information content (AvgIpc) is 3.65. The van der Waals surface area contributed by atoms with Crippen LogP contribution in [0.15, 0.2) is 49.6 Å². The van der Waals surface area contributed by atoms with E-state index in [1.54, 1.807) is 38.6 Å². The third kappa shape index (κ3) is 5.06. The van der Waals surface area contributed by atoms with E-state index in [1.165, 1.54) is 0 Å². The van der Waals surface area contributed by atoms with Gasteiger partial charge in [0.05, 0.1) is 23.0 Å². The number of aromatic nitrogens is 3. The second-order valence-electron chi connectivity index (χ2n) is 12.4. The van der Waals surface area contributed by atoms with Crippen molar-refractivity contribution in [1.82, 2.24) is 29.7 Å². The molecule has 43 heavy (non-hydrogen) atoms. The third-order valence-electron chi connectivity index (χ3n) is 9.79. The minimum Gasteiger partial charge on any atom is -0.396 e. The van der Waals surface area contributed by atoms with Gasteiger partial charge in [-0.25, -0.2) is 4.68 Å². The van der Waals surface area contributed by atoms with Crippen LogP contribution in [-0.4, -0.2) is 103 Å². The molecule has 3 amide bonds. The normalized spacial score (nSPS) is 29.2. The summed E-state index contributed by atoms with van der Waals surface area (Å²) in [5.41, 5.74) is -0.507. The standard InChI is InChI=1S/C32H44N6O5/c1-6-16-35(5)28(40)25-26-29(41)37(18-12-8-9-13-19-39)27(32(26)20-22(3)31(25,4)43-32)30(42)36(17-7-2)21-38-24-15-11-10-14-23(24)33-34-38/h6-7,10-11,14-15,22,25-27,39H,1-2,8-9,12-13,16-21H2,3-5H3/t22?,25-,26-,27?,31+,32?/m0/s1. The number of fused-ring (bicyclic) bond motifs is 2. The van der Waals surface area contributed by atoms with Crippen molar-refractivity contribution in [2.24, 2.45) is 17.8 Å². The first kappa shape index (κ1) is 30.9. The first-order valence-corrected chi connectivity index (χ1v) is 15.3. The van der Waals surface area contributed by atoms with Gasteiger partial charge in [-0.1, -0.05) is 49.3 Å². The average molecular weight is 593 g/mol. The number of para-hydroxylation sites is 1. The Morgan fingerprint density at radius 1 is 1.14 bits per heavy atom. The van der Waals surface area contributed by atoms with Gasteiger partial charge in [-0.15, -0.1) is 18.3 Å². The largest absolute Gasteiger partial charge is 0.396 e. The summed E-state index contributed by atoms with van der Waals surface area (Å²) in [6.45, 7) is 12.8. The highest BCUT2D eigenvalue weighted by molar-refractivity contribution is 5.99. The van der Waals surface area contributed by atoms with E-state index in [0.29, 0.717) is 32.4 Å². The first-order valence-electron chi connectivity index (χ1n) is 15.3. The van der Waals surface area contributed by atoms with Crippen molar-refractivity contribution in [3.63, 3.8) is 0 Å². The molecule has 1 N–H and O–H groups in total. The van der Waals surface area contributed by atoms with Gasteiger partial charge in [-0.05, 0) is 44.2 Å². The smallest absolute Gasteiger partial charge is 0.250 e. The molecular formula is C32H44N6O5. The fourth-order valence-electron chi connectivity index (χ4n) is 7.63. The van der Waals surface area contributed by atoms with E-state index in [2.05, 4.69) is 23.5 Å². The Morgan fingerprint density at radius 3 is 2.58 bits per heavy atom. The van der Waals surface area contributed by atoms with Gasteiger partial charge >= 0.3 is 0 Å². The molecule has 0 aliphatic carbocycles. The SMILES string of the molecule is C=CCN(C)C(=O)[C@@H]1[C@H]2C(=O)N(CCCCCCO)C(C(=O)N(CC=C)Cn3nnc4ccccc43)C23CC(C)[C@@]1(C)O3. The van der Waals surface area contributed by atoms with E-state index in [1.807, 2.05) is 38.1 Å². The van der Waals surface area contributed by atoms with Crippen molar-refractivity contribution in [2.45, 2.75) is 69.9 Å². The number of aliphatic hydroxyl groups is 1. The van der Waals surface area contributed by atoms with Crippen molar-refractivity contribution in [3.05, 3.63) is 49.6 Å². The number of carbonyl (C=O) groups is 3. The molecule has 0 saturated carbocycles. The van der Waals surface area contributed by atoms with Gasteiger partial charge in [-0.2, -0.15) is 0 Å². The zero-order chi connectivity index (χ0) is 30.9. The first-order chi connectivity index (χ1) is 20.6. The molecule has 11 heteroatoms. The second kappa shape index (κ2) is 12.2. The van der Waals surface area contributed by atoms with Crippen LogP contribution < -0.4 is 0 Å². The Balaban J connectivity index is 1.53. The highest BCUT2D eigenvalue weighted by Crippen LogP contribution is 2.65. The zero-order valence-electron chi connectivity index (χ0n) is 25.5. The third-order valence-corrected chi connectivity index (χ3v) is 9.79. The number of benzene rings is 1. The summed E-state index contributed by atoms with van der Waals surface area (Å²) in [7, 11) is 1.71. The van der Waals surface area contributed by atoms with Gasteiger partial charge in [0.1, 0.15) is 23.8 Å². The maximum Gasteiger partial charge on any atom is 0.250 e. The molecule has 3 unspecified atom stereocenters. The fraction of sp³-hybridized carbons (Fsp3) is 0.594. The number of aliphatic hydroxyl groups excluding tert-OH is 1.